The molecule has 21 heavy (non-hydrogen) atoms. The molecule has 1 heterocycles. The van der Waals surface area contributed by atoms with Crippen molar-refractivity contribution in [2.24, 2.45) is 5.92 Å². The number of nitrogens with zero attached hydrogens (tertiary/aromatic N) is 3. The van der Waals surface area contributed by atoms with Crippen molar-refractivity contribution in [1.29, 1.82) is 0 Å². The number of rotatable bonds is 7. The summed E-state index contributed by atoms with van der Waals surface area (Å²) in [6.07, 6.45) is 3.85. The molecule has 0 saturated heterocycles. The van der Waals surface area contributed by atoms with Crippen LogP contribution in [0.5, 0.6) is 0 Å². The van der Waals surface area contributed by atoms with Gasteiger partial charge in [0.05, 0.1) is 17.6 Å². The van der Waals surface area contributed by atoms with E-state index >= 15 is 0 Å². The van der Waals surface area contributed by atoms with Crippen molar-refractivity contribution in [1.82, 2.24) is 14.1 Å². The summed E-state index contributed by atoms with van der Waals surface area (Å²) in [6, 6.07) is 0. The number of halogens is 1. The highest BCUT2D eigenvalue weighted by Crippen LogP contribution is 2.30. The first-order valence-electron chi connectivity index (χ1n) is 6.71. The van der Waals surface area contributed by atoms with E-state index in [1.807, 2.05) is 0 Å². The number of nitrogens with one attached hydrogen (secondary N) is 1. The Balaban J connectivity index is 2.01. The van der Waals surface area contributed by atoms with Crippen LogP contribution in [0, 0.1) is 5.92 Å². The van der Waals surface area contributed by atoms with Crippen LogP contribution in [-0.4, -0.2) is 48.9 Å². The first-order chi connectivity index (χ1) is 9.81. The molecule has 0 aliphatic heterocycles. The molecule has 1 fully saturated rings. The third-order valence-electron chi connectivity index (χ3n) is 3.34. The van der Waals surface area contributed by atoms with Gasteiger partial charge in [-0.2, -0.15) is 5.10 Å². The molecular formula is C12H19BrN4O3S. The van der Waals surface area contributed by atoms with Crippen molar-refractivity contribution < 1.29 is 8.42 Å². The second-order valence-electron chi connectivity index (χ2n) is 5.33. The quantitative estimate of drug-likeness (QED) is 0.755. The zero-order valence-electron chi connectivity index (χ0n) is 12.0. The predicted octanol–water partition coefficient (Wildman–Crippen LogP) is 0.719. The van der Waals surface area contributed by atoms with Crippen molar-refractivity contribution in [3.8, 4) is 0 Å². The molecule has 0 amide bonds. The average molecular weight is 379 g/mol. The topological polar surface area (TPSA) is 84.3 Å². The summed E-state index contributed by atoms with van der Waals surface area (Å²) in [5.74, 6) is 0.517. The molecule has 9 heteroatoms. The SMILES string of the molecule is CN(C)S(=O)(=O)CCNc1cnn(CC2CC2)c(=O)c1Br. The Morgan fingerprint density at radius 3 is 2.71 bits per heavy atom. The molecule has 0 spiro atoms. The van der Waals surface area contributed by atoms with Crippen LogP contribution < -0.4 is 10.9 Å². The zero-order chi connectivity index (χ0) is 15.6. The lowest BCUT2D eigenvalue weighted by Crippen LogP contribution is -2.29. The van der Waals surface area contributed by atoms with Crippen LogP contribution in [0.15, 0.2) is 15.5 Å². The van der Waals surface area contributed by atoms with Gasteiger partial charge < -0.3 is 5.32 Å². The summed E-state index contributed by atoms with van der Waals surface area (Å²) in [5.41, 5.74) is 0.323. The summed E-state index contributed by atoms with van der Waals surface area (Å²) in [7, 11) is -0.271. The fourth-order valence-electron chi connectivity index (χ4n) is 1.76. The van der Waals surface area contributed by atoms with E-state index in [2.05, 4.69) is 26.3 Å². The summed E-state index contributed by atoms with van der Waals surface area (Å²) in [6.45, 7) is 0.861. The minimum Gasteiger partial charge on any atom is -0.382 e. The molecule has 2 rings (SSSR count). The van der Waals surface area contributed by atoms with Crippen LogP contribution in [-0.2, 0) is 16.6 Å². The minimum atomic E-state index is -3.26. The first-order valence-corrected chi connectivity index (χ1v) is 9.11. The van der Waals surface area contributed by atoms with E-state index in [0.29, 0.717) is 22.6 Å². The van der Waals surface area contributed by atoms with Gasteiger partial charge in [0.1, 0.15) is 4.47 Å². The van der Waals surface area contributed by atoms with Gasteiger partial charge in [-0.25, -0.2) is 17.4 Å². The first kappa shape index (κ1) is 16.4. The third-order valence-corrected chi connectivity index (χ3v) is 5.94. The van der Waals surface area contributed by atoms with Gasteiger partial charge in [0.15, 0.2) is 0 Å². The number of hydrogen-bond donors (Lipinski definition) is 1. The van der Waals surface area contributed by atoms with Gasteiger partial charge in [0.25, 0.3) is 5.56 Å². The van der Waals surface area contributed by atoms with Crippen molar-refractivity contribution in [2.75, 3.05) is 31.7 Å². The lowest BCUT2D eigenvalue weighted by Gasteiger charge is -2.13. The van der Waals surface area contributed by atoms with Crippen LogP contribution in [0.1, 0.15) is 12.8 Å². The van der Waals surface area contributed by atoms with Crippen molar-refractivity contribution in [2.45, 2.75) is 19.4 Å². The second kappa shape index (κ2) is 6.45. The molecule has 1 N–H and O–H groups in total. The van der Waals surface area contributed by atoms with E-state index in [-0.39, 0.29) is 17.9 Å². The van der Waals surface area contributed by atoms with E-state index in [4.69, 9.17) is 0 Å². The van der Waals surface area contributed by atoms with Crippen LogP contribution in [0.2, 0.25) is 0 Å². The summed E-state index contributed by atoms with van der Waals surface area (Å²) in [4.78, 5) is 12.1. The fourth-order valence-corrected chi connectivity index (χ4v) is 2.93. The van der Waals surface area contributed by atoms with Crippen molar-refractivity contribution in [3.05, 3.63) is 21.0 Å². The Morgan fingerprint density at radius 1 is 1.48 bits per heavy atom. The van der Waals surface area contributed by atoms with Gasteiger partial charge >= 0.3 is 0 Å². The monoisotopic (exact) mass is 378 g/mol. The molecule has 0 radical (unpaired) electrons. The van der Waals surface area contributed by atoms with Gasteiger partial charge in [0.2, 0.25) is 10.0 Å². The van der Waals surface area contributed by atoms with E-state index in [0.717, 1.165) is 12.8 Å². The Hall–Kier alpha value is -0.930. The van der Waals surface area contributed by atoms with Crippen molar-refractivity contribution in [3.63, 3.8) is 0 Å². The molecule has 1 aromatic heterocycles. The lowest BCUT2D eigenvalue weighted by molar-refractivity contribution is 0.521. The highest BCUT2D eigenvalue weighted by Gasteiger charge is 2.23. The highest BCUT2D eigenvalue weighted by molar-refractivity contribution is 9.10. The van der Waals surface area contributed by atoms with E-state index in [9.17, 15) is 13.2 Å². The van der Waals surface area contributed by atoms with E-state index < -0.39 is 10.0 Å². The van der Waals surface area contributed by atoms with Gasteiger partial charge in [0, 0.05) is 27.2 Å². The molecular weight excluding hydrogens is 360 g/mol. The molecule has 0 bridgehead atoms. The molecule has 0 unspecified atom stereocenters. The maximum atomic E-state index is 12.1. The standard InChI is InChI=1S/C12H19BrN4O3S/c1-16(2)21(19,20)6-5-14-10-7-15-17(8-9-3-4-9)12(18)11(10)13/h7,9,14H,3-6,8H2,1-2H3. The molecule has 1 aliphatic rings. The molecule has 0 aromatic carbocycles. The van der Waals surface area contributed by atoms with Gasteiger partial charge in [-0.15, -0.1) is 0 Å². The minimum absolute atomic E-state index is 0.0440. The number of sulfonamides is 1. The zero-order valence-corrected chi connectivity index (χ0v) is 14.4. The highest BCUT2D eigenvalue weighted by atomic mass is 79.9. The van der Waals surface area contributed by atoms with Crippen LogP contribution in [0.4, 0.5) is 5.69 Å². The van der Waals surface area contributed by atoms with Crippen LogP contribution in [0.3, 0.4) is 0 Å². The molecule has 1 aliphatic carbocycles. The van der Waals surface area contributed by atoms with E-state index in [1.54, 1.807) is 6.20 Å². The smallest absolute Gasteiger partial charge is 0.283 e. The van der Waals surface area contributed by atoms with E-state index in [1.165, 1.54) is 23.1 Å². The fraction of sp³-hybridized carbons (Fsp3) is 0.667. The molecule has 1 aromatic rings. The van der Waals surface area contributed by atoms with Crippen LogP contribution in [0.25, 0.3) is 0 Å². The summed E-state index contributed by atoms with van der Waals surface area (Å²) < 4.78 is 26.3. The maximum Gasteiger partial charge on any atom is 0.283 e. The van der Waals surface area contributed by atoms with Crippen LogP contribution >= 0.6 is 15.9 Å². The number of hydrogen-bond acceptors (Lipinski definition) is 5. The largest absolute Gasteiger partial charge is 0.382 e. The Morgan fingerprint density at radius 2 is 2.14 bits per heavy atom. The normalized spacial score (nSPS) is 15.4. The summed E-state index contributed by atoms with van der Waals surface area (Å²) >= 11 is 3.26. The maximum absolute atomic E-state index is 12.1. The summed E-state index contributed by atoms with van der Waals surface area (Å²) in [5, 5.41) is 7.05. The Labute approximate surface area is 132 Å². The Kier molecular flexibility index (Phi) is 5.05. The molecule has 0 atom stereocenters. The molecule has 7 nitrogen and oxygen atoms in total. The van der Waals surface area contributed by atoms with Gasteiger partial charge in [-0.1, -0.05) is 0 Å². The van der Waals surface area contributed by atoms with Gasteiger partial charge in [-0.3, -0.25) is 4.79 Å². The lowest BCUT2D eigenvalue weighted by atomic mass is 10.4. The van der Waals surface area contributed by atoms with Gasteiger partial charge in [-0.05, 0) is 34.7 Å². The molecule has 1 saturated carbocycles. The number of aromatic nitrogens is 2. The van der Waals surface area contributed by atoms with Crippen molar-refractivity contribution >= 4 is 31.6 Å². The molecule has 118 valence electrons. The predicted molar refractivity (Wildman–Crippen MR) is 84.9 cm³/mol. The Bertz CT molecular complexity index is 668. The average Bonchev–Trinajstić information content (AvgIpc) is 3.21. The third kappa shape index (κ3) is 4.27. The number of anilines is 1. The second-order valence-corrected chi connectivity index (χ2v) is 8.42.